The quantitative estimate of drug-likeness (QED) is 0.642. The Morgan fingerprint density at radius 1 is 1.08 bits per heavy atom. The molecule has 0 aliphatic rings. The fraction of sp³-hybridized carbons (Fsp3) is 0.462. The maximum Gasteiger partial charge on any atom is -0.0132 e. The zero-order valence-corrected chi connectivity index (χ0v) is 8.93. The van der Waals surface area contributed by atoms with E-state index in [1.165, 1.54) is 11.1 Å². The van der Waals surface area contributed by atoms with Gasteiger partial charge in [0.1, 0.15) is 0 Å². The third-order valence-electron chi connectivity index (χ3n) is 2.29. The highest BCUT2D eigenvalue weighted by molar-refractivity contribution is 5.27. The second-order valence-electron chi connectivity index (χ2n) is 4.55. The van der Waals surface area contributed by atoms with Crippen molar-refractivity contribution in [2.75, 3.05) is 0 Å². The number of hydrogen-bond acceptors (Lipinski definition) is 0. The Bertz CT molecular complexity index is 248. The van der Waals surface area contributed by atoms with Crippen molar-refractivity contribution in [3.63, 3.8) is 0 Å². The van der Waals surface area contributed by atoms with Gasteiger partial charge < -0.3 is 0 Å². The van der Waals surface area contributed by atoms with Gasteiger partial charge in [0.2, 0.25) is 0 Å². The first-order chi connectivity index (χ1) is 6.04. The third kappa shape index (κ3) is 2.87. The molecule has 1 radical (unpaired) electrons. The van der Waals surface area contributed by atoms with Gasteiger partial charge in [-0.25, -0.2) is 0 Å². The summed E-state index contributed by atoms with van der Waals surface area (Å²) in [5, 5.41) is 0. The summed E-state index contributed by atoms with van der Waals surface area (Å²) in [5.41, 5.74) is 3.06. The second kappa shape index (κ2) is 3.95. The van der Waals surface area contributed by atoms with Gasteiger partial charge in [-0.1, -0.05) is 52.0 Å². The highest BCUT2D eigenvalue weighted by Gasteiger charge is 2.12. The minimum Gasteiger partial charge on any atom is -0.0588 e. The molecule has 0 saturated carbocycles. The van der Waals surface area contributed by atoms with E-state index in [-0.39, 0.29) is 5.41 Å². The van der Waals surface area contributed by atoms with E-state index in [1.807, 2.05) is 0 Å². The molecule has 1 aromatic carbocycles. The first kappa shape index (κ1) is 10.3. The van der Waals surface area contributed by atoms with Gasteiger partial charge in [-0.15, -0.1) is 0 Å². The van der Waals surface area contributed by atoms with Crippen LogP contribution in [-0.4, -0.2) is 0 Å². The summed E-state index contributed by atoms with van der Waals surface area (Å²) in [7, 11) is 0. The SMILES string of the molecule is [CH2]CCc1ccc(C(C)(C)C)cc1. The average molecular weight is 175 g/mol. The van der Waals surface area contributed by atoms with Gasteiger partial charge in [-0.3, -0.25) is 0 Å². The molecule has 0 amide bonds. The maximum absolute atomic E-state index is 3.85. The Morgan fingerprint density at radius 3 is 2.00 bits per heavy atom. The molecular weight excluding hydrogens is 156 g/mol. The van der Waals surface area contributed by atoms with Crippen molar-refractivity contribution < 1.29 is 0 Å². The highest BCUT2D eigenvalue weighted by atomic mass is 14.2. The lowest BCUT2D eigenvalue weighted by atomic mass is 9.86. The molecule has 0 unspecified atom stereocenters. The Hall–Kier alpha value is -0.780. The van der Waals surface area contributed by atoms with Crippen molar-refractivity contribution in [1.82, 2.24) is 0 Å². The maximum atomic E-state index is 3.85. The summed E-state index contributed by atoms with van der Waals surface area (Å²) in [6, 6.07) is 8.88. The van der Waals surface area contributed by atoms with Crippen molar-refractivity contribution in [2.45, 2.75) is 39.0 Å². The summed E-state index contributed by atoms with van der Waals surface area (Å²) >= 11 is 0. The van der Waals surface area contributed by atoms with Gasteiger partial charge in [0.15, 0.2) is 0 Å². The molecule has 1 aromatic rings. The van der Waals surface area contributed by atoms with Gasteiger partial charge in [0.25, 0.3) is 0 Å². The summed E-state index contributed by atoms with van der Waals surface area (Å²) in [5.74, 6) is 0. The topological polar surface area (TPSA) is 0 Å². The lowest BCUT2D eigenvalue weighted by Crippen LogP contribution is -2.10. The molecule has 0 heterocycles. The highest BCUT2D eigenvalue weighted by Crippen LogP contribution is 2.22. The first-order valence-corrected chi connectivity index (χ1v) is 4.92. The molecule has 0 aromatic heterocycles. The second-order valence-corrected chi connectivity index (χ2v) is 4.55. The van der Waals surface area contributed by atoms with Crippen LogP contribution in [-0.2, 0) is 11.8 Å². The smallest absolute Gasteiger partial charge is 0.0132 e. The number of aryl methyl sites for hydroxylation is 1. The molecule has 13 heavy (non-hydrogen) atoms. The lowest BCUT2D eigenvalue weighted by molar-refractivity contribution is 0.590. The van der Waals surface area contributed by atoms with Crippen LogP contribution in [0.5, 0.6) is 0 Å². The normalized spacial score (nSPS) is 11.7. The van der Waals surface area contributed by atoms with E-state index in [2.05, 4.69) is 52.0 Å². The van der Waals surface area contributed by atoms with Crippen LogP contribution in [0.1, 0.15) is 38.3 Å². The van der Waals surface area contributed by atoms with E-state index in [0.717, 1.165) is 12.8 Å². The van der Waals surface area contributed by atoms with Crippen molar-refractivity contribution >= 4 is 0 Å². The molecule has 0 nitrogen and oxygen atoms in total. The van der Waals surface area contributed by atoms with Crippen molar-refractivity contribution in [3.05, 3.63) is 42.3 Å². The van der Waals surface area contributed by atoms with Crippen molar-refractivity contribution in [1.29, 1.82) is 0 Å². The predicted octanol–water partition coefficient (Wildman–Crippen LogP) is 3.75. The van der Waals surface area contributed by atoms with Crippen LogP contribution in [0, 0.1) is 6.92 Å². The van der Waals surface area contributed by atoms with E-state index in [1.54, 1.807) is 0 Å². The molecule has 0 N–H and O–H groups in total. The van der Waals surface area contributed by atoms with E-state index in [4.69, 9.17) is 0 Å². The Morgan fingerprint density at radius 2 is 1.62 bits per heavy atom. The third-order valence-corrected chi connectivity index (χ3v) is 2.29. The van der Waals surface area contributed by atoms with Gasteiger partial charge in [-0.2, -0.15) is 0 Å². The Kier molecular flexibility index (Phi) is 3.13. The zero-order chi connectivity index (χ0) is 9.90. The fourth-order valence-corrected chi connectivity index (χ4v) is 1.38. The summed E-state index contributed by atoms with van der Waals surface area (Å²) < 4.78 is 0. The minimum atomic E-state index is 0.267. The summed E-state index contributed by atoms with van der Waals surface area (Å²) in [6.45, 7) is 10.6. The molecule has 0 spiro atoms. The van der Waals surface area contributed by atoms with Crippen LogP contribution in [0.15, 0.2) is 24.3 Å². The Labute approximate surface area is 82.0 Å². The van der Waals surface area contributed by atoms with Crippen LogP contribution in [0.3, 0.4) is 0 Å². The monoisotopic (exact) mass is 175 g/mol. The molecule has 1 rings (SSSR count). The molecule has 0 aliphatic carbocycles. The molecule has 0 bridgehead atoms. The van der Waals surface area contributed by atoms with Crippen LogP contribution in [0.4, 0.5) is 0 Å². The van der Waals surface area contributed by atoms with Crippen LogP contribution < -0.4 is 0 Å². The number of benzene rings is 1. The fourth-order valence-electron chi connectivity index (χ4n) is 1.38. The number of hydrogen-bond donors (Lipinski definition) is 0. The van der Waals surface area contributed by atoms with Gasteiger partial charge in [0.05, 0.1) is 0 Å². The van der Waals surface area contributed by atoms with Gasteiger partial charge >= 0.3 is 0 Å². The largest absolute Gasteiger partial charge is 0.0588 e. The molecule has 71 valence electrons. The molecule has 0 aliphatic heterocycles. The average Bonchev–Trinajstić information content (AvgIpc) is 2.04. The van der Waals surface area contributed by atoms with Crippen LogP contribution >= 0.6 is 0 Å². The minimum absolute atomic E-state index is 0.267. The summed E-state index contributed by atoms with van der Waals surface area (Å²) in [4.78, 5) is 0. The summed E-state index contributed by atoms with van der Waals surface area (Å²) in [6.07, 6.45) is 2.07. The first-order valence-electron chi connectivity index (χ1n) is 4.92. The van der Waals surface area contributed by atoms with Crippen LogP contribution in [0.25, 0.3) is 0 Å². The van der Waals surface area contributed by atoms with Crippen LogP contribution in [0.2, 0.25) is 0 Å². The molecular formula is C13H19. The zero-order valence-electron chi connectivity index (χ0n) is 8.93. The van der Waals surface area contributed by atoms with Crippen molar-refractivity contribution in [2.24, 2.45) is 0 Å². The predicted molar refractivity (Wildman–Crippen MR) is 58.8 cm³/mol. The molecule has 0 heteroatoms. The van der Waals surface area contributed by atoms with E-state index >= 15 is 0 Å². The van der Waals surface area contributed by atoms with E-state index in [0.29, 0.717) is 0 Å². The van der Waals surface area contributed by atoms with E-state index in [9.17, 15) is 0 Å². The molecule has 0 fully saturated rings. The van der Waals surface area contributed by atoms with E-state index < -0.39 is 0 Å². The molecule has 0 saturated heterocycles. The Balaban J connectivity index is 2.81. The molecule has 0 atom stereocenters. The standard InChI is InChI=1S/C13H19/c1-5-6-11-7-9-12(10-8-11)13(2,3)4/h7-10H,1,5-6H2,2-4H3. The van der Waals surface area contributed by atoms with Gasteiger partial charge in [0, 0.05) is 0 Å². The lowest BCUT2D eigenvalue weighted by Gasteiger charge is -2.19. The van der Waals surface area contributed by atoms with Crippen molar-refractivity contribution in [3.8, 4) is 0 Å². The van der Waals surface area contributed by atoms with Gasteiger partial charge in [-0.05, 0) is 29.4 Å². The number of rotatable bonds is 2.